The van der Waals surface area contributed by atoms with E-state index in [9.17, 15) is 26.7 Å². The van der Waals surface area contributed by atoms with E-state index in [-0.39, 0.29) is 24.5 Å². The number of halogens is 5. The highest BCUT2D eigenvalue weighted by Gasteiger charge is 2.30. The molecule has 0 aliphatic heterocycles. The maximum Gasteiger partial charge on any atom is 0.416 e. The molecule has 3 nitrogen and oxygen atoms in total. The molecule has 0 bridgehead atoms. The van der Waals surface area contributed by atoms with Crippen LogP contribution in [0.2, 0.25) is 0 Å². The Kier molecular flexibility index (Phi) is 5.38. The molecule has 1 N–H and O–H groups in total. The van der Waals surface area contributed by atoms with Crippen LogP contribution in [0.5, 0.6) is 5.75 Å². The SMILES string of the molecule is O=C(NCCOc1ccc(F)c(F)c1)c1ccc(C(F)(F)F)cc1. The van der Waals surface area contributed by atoms with Crippen molar-refractivity contribution in [3.63, 3.8) is 0 Å². The highest BCUT2D eigenvalue weighted by molar-refractivity contribution is 5.94. The lowest BCUT2D eigenvalue weighted by atomic mass is 10.1. The van der Waals surface area contributed by atoms with Gasteiger partial charge in [-0.3, -0.25) is 4.79 Å². The molecule has 0 atom stereocenters. The van der Waals surface area contributed by atoms with Gasteiger partial charge in [0.15, 0.2) is 11.6 Å². The Labute approximate surface area is 134 Å². The first-order chi connectivity index (χ1) is 11.3. The van der Waals surface area contributed by atoms with Crippen molar-refractivity contribution in [1.82, 2.24) is 5.32 Å². The minimum absolute atomic E-state index is 0.0164. The molecule has 0 saturated heterocycles. The van der Waals surface area contributed by atoms with Crippen LogP contribution in [0.25, 0.3) is 0 Å². The summed E-state index contributed by atoms with van der Waals surface area (Å²) in [6, 6.07) is 6.76. The minimum Gasteiger partial charge on any atom is -0.492 e. The second-order valence-corrected chi connectivity index (χ2v) is 4.76. The molecule has 2 rings (SSSR count). The molecule has 1 amide bonds. The average Bonchev–Trinajstić information content (AvgIpc) is 2.54. The van der Waals surface area contributed by atoms with Crippen molar-refractivity contribution in [3.8, 4) is 5.75 Å². The Bertz CT molecular complexity index is 713. The maximum absolute atomic E-state index is 12.9. The predicted molar refractivity (Wildman–Crippen MR) is 75.6 cm³/mol. The Balaban J connectivity index is 1.81. The molecule has 0 aliphatic carbocycles. The molecular formula is C16H12F5NO2. The molecule has 0 heterocycles. The van der Waals surface area contributed by atoms with Gasteiger partial charge in [-0.05, 0) is 36.4 Å². The van der Waals surface area contributed by atoms with Crippen molar-refractivity contribution in [2.45, 2.75) is 6.18 Å². The normalized spacial score (nSPS) is 11.2. The van der Waals surface area contributed by atoms with Gasteiger partial charge in [0.2, 0.25) is 0 Å². The molecule has 0 aromatic heterocycles. The molecule has 2 aromatic rings. The van der Waals surface area contributed by atoms with Crippen LogP contribution in [0.3, 0.4) is 0 Å². The molecule has 24 heavy (non-hydrogen) atoms. The Morgan fingerprint density at radius 1 is 1.00 bits per heavy atom. The maximum atomic E-state index is 12.9. The van der Waals surface area contributed by atoms with E-state index in [1.807, 2.05) is 0 Å². The number of benzene rings is 2. The van der Waals surface area contributed by atoms with Gasteiger partial charge in [0.05, 0.1) is 12.1 Å². The zero-order chi connectivity index (χ0) is 17.7. The standard InChI is InChI=1S/C16H12F5NO2/c17-13-6-5-12(9-14(13)18)24-8-7-22-15(23)10-1-3-11(4-2-10)16(19,20)21/h1-6,9H,7-8H2,(H,22,23). The number of amides is 1. The Morgan fingerprint density at radius 3 is 2.25 bits per heavy atom. The first-order valence-corrected chi connectivity index (χ1v) is 6.80. The largest absolute Gasteiger partial charge is 0.492 e. The summed E-state index contributed by atoms with van der Waals surface area (Å²) in [5.74, 6) is -2.53. The van der Waals surface area contributed by atoms with E-state index in [1.165, 1.54) is 6.07 Å². The quantitative estimate of drug-likeness (QED) is 0.661. The molecule has 0 unspecified atom stereocenters. The summed E-state index contributed by atoms with van der Waals surface area (Å²) < 4.78 is 68.0. The van der Waals surface area contributed by atoms with Gasteiger partial charge in [0, 0.05) is 11.6 Å². The second kappa shape index (κ2) is 7.29. The minimum atomic E-state index is -4.47. The second-order valence-electron chi connectivity index (χ2n) is 4.76. The molecule has 2 aromatic carbocycles. The Morgan fingerprint density at radius 2 is 1.67 bits per heavy atom. The molecular weight excluding hydrogens is 333 g/mol. The number of carbonyl (C=O) groups is 1. The van der Waals surface area contributed by atoms with Gasteiger partial charge >= 0.3 is 6.18 Å². The van der Waals surface area contributed by atoms with Gasteiger partial charge in [-0.1, -0.05) is 0 Å². The van der Waals surface area contributed by atoms with E-state index >= 15 is 0 Å². The molecule has 8 heteroatoms. The van der Waals surface area contributed by atoms with Crippen LogP contribution < -0.4 is 10.1 Å². The van der Waals surface area contributed by atoms with E-state index in [0.717, 1.165) is 36.4 Å². The lowest BCUT2D eigenvalue weighted by molar-refractivity contribution is -0.137. The summed E-state index contributed by atoms with van der Waals surface area (Å²) in [5.41, 5.74) is -0.781. The number of ether oxygens (including phenoxy) is 1. The van der Waals surface area contributed by atoms with Crippen LogP contribution in [0.15, 0.2) is 42.5 Å². The van der Waals surface area contributed by atoms with Crippen molar-refractivity contribution in [3.05, 3.63) is 65.2 Å². The number of hydrogen-bond acceptors (Lipinski definition) is 2. The van der Waals surface area contributed by atoms with Gasteiger partial charge in [-0.25, -0.2) is 8.78 Å². The highest BCUT2D eigenvalue weighted by atomic mass is 19.4. The van der Waals surface area contributed by atoms with Crippen molar-refractivity contribution in [2.24, 2.45) is 0 Å². The van der Waals surface area contributed by atoms with E-state index in [2.05, 4.69) is 5.32 Å². The highest BCUT2D eigenvalue weighted by Crippen LogP contribution is 2.29. The summed E-state index contributed by atoms with van der Waals surface area (Å²) in [4.78, 5) is 11.8. The summed E-state index contributed by atoms with van der Waals surface area (Å²) in [7, 11) is 0. The van der Waals surface area contributed by atoms with Crippen LogP contribution in [0, 0.1) is 11.6 Å². The van der Waals surface area contributed by atoms with E-state index in [0.29, 0.717) is 0 Å². The summed E-state index contributed by atoms with van der Waals surface area (Å²) in [6.45, 7) is 0.0241. The topological polar surface area (TPSA) is 38.3 Å². The fraction of sp³-hybridized carbons (Fsp3) is 0.188. The predicted octanol–water partition coefficient (Wildman–Crippen LogP) is 3.79. The van der Waals surface area contributed by atoms with Crippen molar-refractivity contribution in [2.75, 3.05) is 13.2 Å². The van der Waals surface area contributed by atoms with Crippen LogP contribution in [-0.2, 0) is 6.18 Å². The number of nitrogens with one attached hydrogen (secondary N) is 1. The Hall–Kier alpha value is -2.64. The lowest BCUT2D eigenvalue weighted by Gasteiger charge is -2.09. The van der Waals surface area contributed by atoms with Crippen molar-refractivity contribution in [1.29, 1.82) is 0 Å². The van der Waals surface area contributed by atoms with Gasteiger partial charge in [0.1, 0.15) is 12.4 Å². The third-order valence-electron chi connectivity index (χ3n) is 3.02. The summed E-state index contributed by atoms with van der Waals surface area (Å²) in [5, 5.41) is 2.44. The fourth-order valence-corrected chi connectivity index (χ4v) is 1.81. The summed E-state index contributed by atoms with van der Waals surface area (Å²) >= 11 is 0. The molecule has 0 radical (unpaired) electrons. The molecule has 0 saturated carbocycles. The number of rotatable bonds is 5. The van der Waals surface area contributed by atoms with Gasteiger partial charge < -0.3 is 10.1 Å². The molecule has 0 spiro atoms. The van der Waals surface area contributed by atoms with Crippen LogP contribution in [0.4, 0.5) is 22.0 Å². The third-order valence-corrected chi connectivity index (χ3v) is 3.02. The van der Waals surface area contributed by atoms with E-state index in [4.69, 9.17) is 4.74 Å². The van der Waals surface area contributed by atoms with Crippen LogP contribution in [-0.4, -0.2) is 19.1 Å². The van der Waals surface area contributed by atoms with Crippen LogP contribution in [0.1, 0.15) is 15.9 Å². The zero-order valence-electron chi connectivity index (χ0n) is 12.2. The van der Waals surface area contributed by atoms with Gasteiger partial charge in [-0.2, -0.15) is 13.2 Å². The van der Waals surface area contributed by atoms with E-state index in [1.54, 1.807) is 0 Å². The number of hydrogen-bond donors (Lipinski definition) is 1. The average molecular weight is 345 g/mol. The summed E-state index contributed by atoms with van der Waals surface area (Å²) in [6.07, 6.45) is -4.47. The van der Waals surface area contributed by atoms with E-state index < -0.39 is 29.3 Å². The first kappa shape index (κ1) is 17.7. The van der Waals surface area contributed by atoms with Crippen LogP contribution >= 0.6 is 0 Å². The van der Waals surface area contributed by atoms with Gasteiger partial charge in [-0.15, -0.1) is 0 Å². The smallest absolute Gasteiger partial charge is 0.416 e. The number of alkyl halides is 3. The molecule has 0 aliphatic rings. The lowest BCUT2D eigenvalue weighted by Crippen LogP contribution is -2.28. The third kappa shape index (κ3) is 4.68. The zero-order valence-corrected chi connectivity index (χ0v) is 12.2. The van der Waals surface area contributed by atoms with Crippen molar-refractivity contribution >= 4 is 5.91 Å². The first-order valence-electron chi connectivity index (χ1n) is 6.80. The molecule has 0 fully saturated rings. The fourth-order valence-electron chi connectivity index (χ4n) is 1.81. The van der Waals surface area contributed by atoms with Crippen molar-refractivity contribution < 1.29 is 31.5 Å². The molecule has 128 valence electrons. The van der Waals surface area contributed by atoms with Gasteiger partial charge in [0.25, 0.3) is 5.91 Å². The number of carbonyl (C=O) groups excluding carboxylic acids is 1. The monoisotopic (exact) mass is 345 g/mol.